The Morgan fingerprint density at radius 2 is 1.97 bits per heavy atom. The van der Waals surface area contributed by atoms with E-state index in [1.165, 1.54) is 4.88 Å². The van der Waals surface area contributed by atoms with Gasteiger partial charge in [0, 0.05) is 11.5 Å². The molecular formula is C31H38N2O4S2. The van der Waals surface area contributed by atoms with Gasteiger partial charge in [0.15, 0.2) is 0 Å². The third-order valence-electron chi connectivity index (χ3n) is 7.46. The third-order valence-corrected chi connectivity index (χ3v) is 9.36. The first-order chi connectivity index (χ1) is 18.7. The number of hydrogen-bond acceptors (Lipinski definition) is 6. The Bertz CT molecular complexity index is 1340. The van der Waals surface area contributed by atoms with Crippen molar-refractivity contribution >= 4 is 35.0 Å². The molecule has 1 amide bonds. The van der Waals surface area contributed by atoms with Crippen molar-refractivity contribution in [3.8, 4) is 11.1 Å². The highest BCUT2D eigenvalue weighted by Gasteiger charge is 2.61. The van der Waals surface area contributed by atoms with Crippen molar-refractivity contribution in [3.63, 3.8) is 0 Å². The van der Waals surface area contributed by atoms with Gasteiger partial charge in [0.25, 0.3) is 5.91 Å². The second-order valence-corrected chi connectivity index (χ2v) is 12.6. The molecule has 2 aromatic carbocycles. The number of nitrogens with zero attached hydrogens (tertiary/aromatic N) is 1. The second-order valence-electron chi connectivity index (χ2n) is 10.4. The molecule has 0 radical (unpaired) electrons. The van der Waals surface area contributed by atoms with Gasteiger partial charge < -0.3 is 15.2 Å². The van der Waals surface area contributed by atoms with Crippen LogP contribution in [0.4, 0.5) is 0 Å². The van der Waals surface area contributed by atoms with Gasteiger partial charge in [0.2, 0.25) is 0 Å². The molecule has 39 heavy (non-hydrogen) atoms. The molecule has 1 fully saturated rings. The number of carboxylic acids is 1. The summed E-state index contributed by atoms with van der Waals surface area (Å²) in [4.78, 5) is 31.5. The van der Waals surface area contributed by atoms with Crippen molar-refractivity contribution in [2.75, 3.05) is 12.0 Å². The molecule has 0 bridgehead atoms. The van der Waals surface area contributed by atoms with E-state index in [1.807, 2.05) is 63.4 Å². The fourth-order valence-corrected chi connectivity index (χ4v) is 6.99. The lowest BCUT2D eigenvalue weighted by Gasteiger charge is -2.20. The summed E-state index contributed by atoms with van der Waals surface area (Å²) in [5.74, 6) is -0.694. The lowest BCUT2D eigenvalue weighted by Crippen LogP contribution is -2.45. The zero-order valence-electron chi connectivity index (χ0n) is 23.4. The van der Waals surface area contributed by atoms with Crippen LogP contribution in [0.2, 0.25) is 0 Å². The molecule has 3 atom stereocenters. The molecule has 8 heteroatoms. The lowest BCUT2D eigenvalue weighted by atomic mass is 9.93. The fraction of sp³-hybridized carbons (Fsp3) is 0.452. The van der Waals surface area contributed by atoms with Crippen molar-refractivity contribution < 1.29 is 19.4 Å². The van der Waals surface area contributed by atoms with E-state index in [0.717, 1.165) is 52.2 Å². The molecule has 1 aliphatic carbocycles. The summed E-state index contributed by atoms with van der Waals surface area (Å²) in [7, 11) is 0. The second kappa shape index (κ2) is 12.7. The Hall–Kier alpha value is -2.68. The number of aryl methyl sites for hydroxylation is 3. The molecule has 208 valence electrons. The van der Waals surface area contributed by atoms with Gasteiger partial charge in [-0.25, -0.2) is 9.78 Å². The number of aromatic nitrogens is 1. The van der Waals surface area contributed by atoms with Gasteiger partial charge in [0.1, 0.15) is 5.54 Å². The highest BCUT2D eigenvalue weighted by Crippen LogP contribution is 2.46. The van der Waals surface area contributed by atoms with E-state index in [4.69, 9.17) is 4.74 Å². The van der Waals surface area contributed by atoms with Crippen molar-refractivity contribution in [1.29, 1.82) is 0 Å². The maximum absolute atomic E-state index is 13.6. The number of ether oxygens (including phenoxy) is 1. The minimum atomic E-state index is -1.19. The van der Waals surface area contributed by atoms with Gasteiger partial charge in [-0.15, -0.1) is 11.3 Å². The topological polar surface area (TPSA) is 88.5 Å². The van der Waals surface area contributed by atoms with Crippen LogP contribution in [0.25, 0.3) is 11.1 Å². The van der Waals surface area contributed by atoms with E-state index in [-0.39, 0.29) is 17.9 Å². The first-order valence-corrected chi connectivity index (χ1v) is 15.7. The smallest absolute Gasteiger partial charge is 0.329 e. The van der Waals surface area contributed by atoms with Gasteiger partial charge >= 0.3 is 5.97 Å². The summed E-state index contributed by atoms with van der Waals surface area (Å²) in [6, 6.07) is 13.7. The minimum Gasteiger partial charge on any atom is -0.479 e. The maximum Gasteiger partial charge on any atom is 0.329 e. The summed E-state index contributed by atoms with van der Waals surface area (Å²) in [5.41, 5.74) is 4.04. The van der Waals surface area contributed by atoms with E-state index in [1.54, 1.807) is 29.2 Å². The van der Waals surface area contributed by atoms with E-state index < -0.39 is 11.5 Å². The van der Waals surface area contributed by atoms with Gasteiger partial charge in [-0.3, -0.25) is 4.79 Å². The van der Waals surface area contributed by atoms with Gasteiger partial charge in [-0.05, 0) is 80.0 Å². The Kier molecular flexibility index (Phi) is 9.51. The first kappa shape index (κ1) is 29.3. The third kappa shape index (κ3) is 6.56. The Labute approximate surface area is 239 Å². The molecule has 1 heterocycles. The number of nitrogens with one attached hydrogen (secondary N) is 1. The number of amides is 1. The van der Waals surface area contributed by atoms with Crippen LogP contribution in [0.1, 0.15) is 75.8 Å². The molecule has 0 aliphatic heterocycles. The predicted octanol–water partition coefficient (Wildman–Crippen LogP) is 7.12. The highest BCUT2D eigenvalue weighted by molar-refractivity contribution is 7.98. The number of thioether (sulfide) groups is 1. The van der Waals surface area contributed by atoms with E-state index in [0.29, 0.717) is 24.3 Å². The molecule has 2 N–H and O–H groups in total. The summed E-state index contributed by atoms with van der Waals surface area (Å²) in [6.45, 7) is 8.66. The molecule has 0 spiro atoms. The summed E-state index contributed by atoms with van der Waals surface area (Å²) < 4.78 is 6.48. The number of aliphatic carboxylic acids is 1. The fourth-order valence-electron chi connectivity index (χ4n) is 5.17. The number of benzene rings is 2. The first-order valence-electron chi connectivity index (χ1n) is 13.5. The largest absolute Gasteiger partial charge is 0.479 e. The number of carboxylic acid groups (broad SMARTS) is 1. The van der Waals surface area contributed by atoms with Gasteiger partial charge in [-0.2, -0.15) is 11.8 Å². The molecule has 4 rings (SSSR count). The number of rotatable bonds is 13. The van der Waals surface area contributed by atoms with Gasteiger partial charge in [-0.1, -0.05) is 50.1 Å². The van der Waals surface area contributed by atoms with E-state index in [9.17, 15) is 14.7 Å². The molecule has 1 saturated carbocycles. The Balaban J connectivity index is 1.63. The summed E-state index contributed by atoms with van der Waals surface area (Å²) >= 11 is 3.29. The van der Waals surface area contributed by atoms with Crippen LogP contribution in [0, 0.1) is 26.7 Å². The predicted molar refractivity (Wildman–Crippen MR) is 160 cm³/mol. The normalized spacial score (nSPS) is 19.1. The molecule has 1 aromatic heterocycles. The van der Waals surface area contributed by atoms with Crippen molar-refractivity contribution in [1.82, 2.24) is 10.3 Å². The Morgan fingerprint density at radius 3 is 2.62 bits per heavy atom. The van der Waals surface area contributed by atoms with E-state index in [2.05, 4.69) is 17.2 Å². The van der Waals surface area contributed by atoms with Crippen molar-refractivity contribution in [2.45, 2.75) is 71.6 Å². The zero-order valence-corrected chi connectivity index (χ0v) is 25.0. The summed E-state index contributed by atoms with van der Waals surface area (Å²) in [6.07, 6.45) is 5.47. The van der Waals surface area contributed by atoms with E-state index >= 15 is 0 Å². The molecule has 3 unspecified atom stereocenters. The monoisotopic (exact) mass is 566 g/mol. The highest BCUT2D eigenvalue weighted by atomic mass is 32.2. The molecule has 0 saturated heterocycles. The molecule has 3 aromatic rings. The van der Waals surface area contributed by atoms with Crippen LogP contribution in [-0.4, -0.2) is 39.5 Å². The average Bonchev–Trinajstić information content (AvgIpc) is 3.49. The summed E-state index contributed by atoms with van der Waals surface area (Å²) in [5, 5.41) is 13.8. The van der Waals surface area contributed by atoms with Gasteiger partial charge in [0.05, 0.1) is 28.3 Å². The number of hydrogen-bond donors (Lipinski definition) is 2. The maximum atomic E-state index is 13.6. The van der Waals surface area contributed by atoms with Crippen LogP contribution in [0.5, 0.6) is 0 Å². The van der Waals surface area contributed by atoms with Crippen molar-refractivity contribution in [3.05, 3.63) is 74.7 Å². The Morgan fingerprint density at radius 1 is 1.21 bits per heavy atom. The van der Waals surface area contributed by atoms with Crippen LogP contribution < -0.4 is 5.32 Å². The quantitative estimate of drug-likeness (QED) is 0.229. The van der Waals surface area contributed by atoms with Crippen LogP contribution in [-0.2, 0) is 16.1 Å². The standard InChI is InChI=1S/C31H38N2O4S2/c1-6-7-12-27(28-20(3)32-21(4)39-28)37-17-22-13-14-25(26(15-22)24-11-9-8-10-19(24)2)29(34)33-31(30(35)36)16-23(31)18-38-5/h8-11,13-15,23,27H,6-7,12,16-18H2,1-5H3,(H,33,34)(H,35,36). The van der Waals surface area contributed by atoms with Crippen LogP contribution in [0.15, 0.2) is 42.5 Å². The van der Waals surface area contributed by atoms with Crippen LogP contribution in [0.3, 0.4) is 0 Å². The average molecular weight is 567 g/mol. The lowest BCUT2D eigenvalue weighted by molar-refractivity contribution is -0.140. The SMILES string of the molecule is CCCCC(OCc1ccc(C(=O)NC2(C(=O)O)CC2CSC)c(-c2ccccc2C)c1)c1sc(C)nc1C. The molecule has 1 aliphatic rings. The zero-order chi connectivity index (χ0) is 28.2. The number of unbranched alkanes of at least 4 members (excludes halogenated alkanes) is 1. The number of thiazole rings is 1. The molecular weight excluding hydrogens is 528 g/mol. The van der Waals surface area contributed by atoms with Crippen LogP contribution >= 0.6 is 23.1 Å². The number of carbonyl (C=O) groups is 2. The number of carbonyl (C=O) groups excluding carboxylic acids is 1. The molecule has 6 nitrogen and oxygen atoms in total. The minimum absolute atomic E-state index is 0.0281. The van der Waals surface area contributed by atoms with Crippen molar-refractivity contribution in [2.24, 2.45) is 5.92 Å².